The van der Waals surface area contributed by atoms with Crippen LogP contribution in [0.15, 0.2) is 53.0 Å². The maximum absolute atomic E-state index is 13.4. The SMILES string of the molecule is CCOC(=O)C1=C(CN(C)Cc2cccc(F)c2)NC(=O)N[C@H]1c1cccs1. The van der Waals surface area contributed by atoms with Crippen molar-refractivity contribution in [1.82, 2.24) is 15.5 Å². The maximum Gasteiger partial charge on any atom is 0.338 e. The second kappa shape index (κ2) is 8.99. The van der Waals surface area contributed by atoms with Crippen molar-refractivity contribution >= 4 is 23.3 Å². The minimum absolute atomic E-state index is 0.236. The second-order valence-electron chi connectivity index (χ2n) is 6.46. The Labute approximate surface area is 167 Å². The molecule has 2 aromatic rings. The largest absolute Gasteiger partial charge is 0.463 e. The van der Waals surface area contributed by atoms with Gasteiger partial charge in [0.1, 0.15) is 5.82 Å². The van der Waals surface area contributed by atoms with Gasteiger partial charge >= 0.3 is 12.0 Å². The lowest BCUT2D eigenvalue weighted by molar-refractivity contribution is -0.139. The summed E-state index contributed by atoms with van der Waals surface area (Å²) in [5, 5.41) is 7.44. The van der Waals surface area contributed by atoms with Gasteiger partial charge in [-0.25, -0.2) is 14.0 Å². The number of nitrogens with zero attached hydrogens (tertiary/aromatic N) is 1. The number of ether oxygens (including phenoxy) is 1. The molecule has 2 amide bonds. The van der Waals surface area contributed by atoms with Crippen LogP contribution in [0.5, 0.6) is 0 Å². The molecule has 0 aliphatic carbocycles. The number of thiophene rings is 1. The van der Waals surface area contributed by atoms with E-state index >= 15 is 0 Å². The zero-order valence-corrected chi connectivity index (χ0v) is 16.5. The minimum Gasteiger partial charge on any atom is -0.463 e. The van der Waals surface area contributed by atoms with E-state index in [0.29, 0.717) is 24.4 Å². The van der Waals surface area contributed by atoms with Gasteiger partial charge in [-0.05, 0) is 43.1 Å². The third kappa shape index (κ3) is 4.76. The molecule has 1 atom stereocenters. The van der Waals surface area contributed by atoms with Crippen LogP contribution in [0.1, 0.15) is 23.4 Å². The summed E-state index contributed by atoms with van der Waals surface area (Å²) in [6.07, 6.45) is 0. The van der Waals surface area contributed by atoms with Crippen molar-refractivity contribution in [3.8, 4) is 0 Å². The summed E-state index contributed by atoms with van der Waals surface area (Å²) in [5.41, 5.74) is 1.67. The van der Waals surface area contributed by atoms with E-state index < -0.39 is 12.0 Å². The summed E-state index contributed by atoms with van der Waals surface area (Å²) in [6.45, 7) is 2.74. The quantitative estimate of drug-likeness (QED) is 0.697. The molecule has 2 N–H and O–H groups in total. The highest BCUT2D eigenvalue weighted by Gasteiger charge is 2.34. The van der Waals surface area contributed by atoms with Crippen molar-refractivity contribution < 1.29 is 18.7 Å². The lowest BCUT2D eigenvalue weighted by atomic mass is 10.0. The molecule has 0 fully saturated rings. The van der Waals surface area contributed by atoms with Crippen molar-refractivity contribution in [1.29, 1.82) is 0 Å². The van der Waals surface area contributed by atoms with Crippen LogP contribution in [-0.4, -0.2) is 37.1 Å². The van der Waals surface area contributed by atoms with Crippen LogP contribution in [-0.2, 0) is 16.1 Å². The summed E-state index contributed by atoms with van der Waals surface area (Å²) < 4.78 is 18.7. The number of esters is 1. The minimum atomic E-state index is -0.564. The average molecular weight is 403 g/mol. The van der Waals surface area contributed by atoms with E-state index in [2.05, 4.69) is 10.6 Å². The van der Waals surface area contributed by atoms with E-state index in [1.807, 2.05) is 35.5 Å². The number of carbonyl (C=O) groups is 2. The third-order valence-corrected chi connectivity index (χ3v) is 5.18. The first-order valence-electron chi connectivity index (χ1n) is 8.92. The van der Waals surface area contributed by atoms with Crippen LogP contribution in [0.2, 0.25) is 0 Å². The van der Waals surface area contributed by atoms with Crippen molar-refractivity contribution in [2.45, 2.75) is 19.5 Å². The third-order valence-electron chi connectivity index (χ3n) is 4.25. The van der Waals surface area contributed by atoms with Gasteiger partial charge in [-0.2, -0.15) is 0 Å². The van der Waals surface area contributed by atoms with Gasteiger partial charge in [-0.15, -0.1) is 11.3 Å². The fraction of sp³-hybridized carbons (Fsp3) is 0.300. The summed E-state index contributed by atoms with van der Waals surface area (Å²) in [6, 6.07) is 9.14. The Morgan fingerprint density at radius 2 is 2.11 bits per heavy atom. The fourth-order valence-electron chi connectivity index (χ4n) is 3.13. The van der Waals surface area contributed by atoms with Gasteiger partial charge in [0, 0.05) is 23.7 Å². The second-order valence-corrected chi connectivity index (χ2v) is 7.44. The van der Waals surface area contributed by atoms with Crippen LogP contribution in [0.4, 0.5) is 9.18 Å². The topological polar surface area (TPSA) is 70.7 Å². The molecule has 3 rings (SSSR count). The number of likely N-dealkylation sites (N-methyl/N-ethyl adjacent to an activating group) is 1. The van der Waals surface area contributed by atoms with E-state index in [0.717, 1.165) is 10.4 Å². The molecule has 0 saturated heterocycles. The van der Waals surface area contributed by atoms with Crippen LogP contribution in [0, 0.1) is 5.82 Å². The van der Waals surface area contributed by atoms with Gasteiger partial charge in [-0.1, -0.05) is 18.2 Å². The van der Waals surface area contributed by atoms with Gasteiger partial charge in [-0.3, -0.25) is 4.90 Å². The fourth-order valence-corrected chi connectivity index (χ4v) is 3.92. The Balaban J connectivity index is 1.89. The molecule has 0 bridgehead atoms. The molecule has 2 heterocycles. The maximum atomic E-state index is 13.4. The van der Waals surface area contributed by atoms with Crippen molar-refractivity contribution in [3.63, 3.8) is 0 Å². The number of hydrogen-bond acceptors (Lipinski definition) is 5. The van der Waals surface area contributed by atoms with Gasteiger partial charge in [0.2, 0.25) is 0 Å². The molecule has 0 radical (unpaired) electrons. The van der Waals surface area contributed by atoms with Crippen LogP contribution >= 0.6 is 11.3 Å². The van der Waals surface area contributed by atoms with E-state index in [4.69, 9.17) is 4.74 Å². The molecule has 1 aromatic carbocycles. The average Bonchev–Trinajstić information content (AvgIpc) is 3.15. The van der Waals surface area contributed by atoms with Gasteiger partial charge < -0.3 is 15.4 Å². The molecule has 0 unspecified atom stereocenters. The predicted octanol–water partition coefficient (Wildman–Crippen LogP) is 3.19. The van der Waals surface area contributed by atoms with E-state index in [1.54, 1.807) is 13.0 Å². The first-order valence-corrected chi connectivity index (χ1v) is 9.80. The number of halogens is 1. The first kappa shape index (κ1) is 20.0. The molecule has 1 aromatic heterocycles. The Morgan fingerprint density at radius 1 is 1.29 bits per heavy atom. The normalized spacial score (nSPS) is 16.7. The van der Waals surface area contributed by atoms with Crippen LogP contribution in [0.25, 0.3) is 0 Å². The molecule has 28 heavy (non-hydrogen) atoms. The number of hydrogen-bond donors (Lipinski definition) is 2. The van der Waals surface area contributed by atoms with E-state index in [9.17, 15) is 14.0 Å². The van der Waals surface area contributed by atoms with Crippen molar-refractivity contribution in [2.75, 3.05) is 20.2 Å². The van der Waals surface area contributed by atoms with Gasteiger partial charge in [0.25, 0.3) is 0 Å². The number of benzene rings is 1. The smallest absolute Gasteiger partial charge is 0.338 e. The van der Waals surface area contributed by atoms with Crippen molar-refractivity contribution in [2.24, 2.45) is 0 Å². The number of carbonyl (C=O) groups excluding carboxylic acids is 2. The summed E-state index contributed by atoms with van der Waals surface area (Å²) in [5.74, 6) is -0.771. The molecule has 0 spiro atoms. The molecule has 8 heteroatoms. The van der Waals surface area contributed by atoms with Crippen LogP contribution < -0.4 is 10.6 Å². The molecule has 148 valence electrons. The molecule has 1 aliphatic heterocycles. The Bertz CT molecular complexity index is 883. The standard InChI is InChI=1S/C20H22FN3O3S/c1-3-27-19(25)17-15(12-24(2)11-13-6-4-7-14(21)10-13)22-20(26)23-18(17)16-8-5-9-28-16/h4-10,18H,3,11-12H2,1-2H3,(H2,22,23,26)/t18-/m0/s1. The van der Waals surface area contributed by atoms with E-state index in [-0.39, 0.29) is 18.5 Å². The number of amides is 2. The van der Waals surface area contributed by atoms with Crippen LogP contribution in [0.3, 0.4) is 0 Å². The number of nitrogens with one attached hydrogen (secondary N) is 2. The highest BCUT2D eigenvalue weighted by molar-refractivity contribution is 7.10. The zero-order valence-electron chi connectivity index (χ0n) is 15.7. The number of urea groups is 1. The summed E-state index contributed by atoms with van der Waals surface area (Å²) in [4.78, 5) is 27.6. The Hall–Kier alpha value is -2.71. The molecular weight excluding hydrogens is 381 g/mol. The highest BCUT2D eigenvalue weighted by atomic mass is 32.1. The number of rotatable bonds is 7. The van der Waals surface area contributed by atoms with Gasteiger partial charge in [0.15, 0.2) is 0 Å². The molecule has 6 nitrogen and oxygen atoms in total. The summed E-state index contributed by atoms with van der Waals surface area (Å²) in [7, 11) is 1.84. The van der Waals surface area contributed by atoms with Crippen molar-refractivity contribution in [3.05, 3.63) is 69.3 Å². The highest BCUT2D eigenvalue weighted by Crippen LogP contribution is 2.30. The van der Waals surface area contributed by atoms with E-state index in [1.165, 1.54) is 23.5 Å². The Morgan fingerprint density at radius 3 is 2.79 bits per heavy atom. The zero-order chi connectivity index (χ0) is 20.1. The summed E-state index contributed by atoms with van der Waals surface area (Å²) >= 11 is 1.46. The lowest BCUT2D eigenvalue weighted by Crippen LogP contribution is -2.48. The predicted molar refractivity (Wildman–Crippen MR) is 105 cm³/mol. The molecule has 1 aliphatic rings. The lowest BCUT2D eigenvalue weighted by Gasteiger charge is -2.30. The van der Waals surface area contributed by atoms with Gasteiger partial charge in [0.05, 0.1) is 18.2 Å². The molecular formula is C20H22FN3O3S. The molecule has 0 saturated carbocycles. The Kier molecular flexibility index (Phi) is 6.43. The first-order chi connectivity index (χ1) is 13.5. The monoisotopic (exact) mass is 403 g/mol.